The largest absolute Gasteiger partial charge is 0.477 e. The highest BCUT2D eigenvalue weighted by Gasteiger charge is 2.13. The van der Waals surface area contributed by atoms with Crippen molar-refractivity contribution in [2.24, 2.45) is 0 Å². The van der Waals surface area contributed by atoms with Gasteiger partial charge in [0.25, 0.3) is 0 Å². The molecule has 0 rings (SSSR count). The average molecular weight is 156 g/mol. The molecule has 0 fully saturated rings. The van der Waals surface area contributed by atoms with E-state index in [1.807, 2.05) is 0 Å². The minimum Gasteiger partial charge on any atom is -0.477 e. The van der Waals surface area contributed by atoms with E-state index in [0.717, 1.165) is 6.08 Å². The van der Waals surface area contributed by atoms with Gasteiger partial charge >= 0.3 is 11.9 Å². The number of carboxylic acid groups (broad SMARTS) is 2. The van der Waals surface area contributed by atoms with Crippen molar-refractivity contribution in [1.29, 1.82) is 0 Å². The van der Waals surface area contributed by atoms with Crippen molar-refractivity contribution in [3.63, 3.8) is 0 Å². The normalized spacial score (nSPS) is 9.55. The Labute approximate surface area is 63.5 Å². The standard InChI is InChI=1S/C7H8O4/c1-2-3-4-5(6(8)9)7(10)11/h2-4H,1H3,(H,8,9)(H,10,11). The van der Waals surface area contributed by atoms with E-state index in [1.165, 1.54) is 6.08 Å². The van der Waals surface area contributed by atoms with Crippen LogP contribution in [-0.4, -0.2) is 22.2 Å². The Kier molecular flexibility index (Phi) is 3.66. The van der Waals surface area contributed by atoms with Crippen LogP contribution in [0.2, 0.25) is 0 Å². The van der Waals surface area contributed by atoms with Gasteiger partial charge in [0.05, 0.1) is 0 Å². The van der Waals surface area contributed by atoms with E-state index in [9.17, 15) is 9.59 Å². The van der Waals surface area contributed by atoms with Gasteiger partial charge in [-0.2, -0.15) is 0 Å². The molecule has 0 atom stereocenters. The number of carbonyl (C=O) groups is 2. The first-order valence-corrected chi connectivity index (χ1v) is 2.89. The molecule has 0 aliphatic heterocycles. The lowest BCUT2D eigenvalue weighted by Crippen LogP contribution is -2.10. The zero-order chi connectivity index (χ0) is 8.85. The van der Waals surface area contributed by atoms with Crippen LogP contribution in [0.4, 0.5) is 0 Å². The minimum absolute atomic E-state index is 0.636. The quantitative estimate of drug-likeness (QED) is 0.272. The van der Waals surface area contributed by atoms with Crippen LogP contribution in [0.15, 0.2) is 23.8 Å². The number of rotatable bonds is 3. The summed E-state index contributed by atoms with van der Waals surface area (Å²) >= 11 is 0. The molecule has 0 bridgehead atoms. The molecular formula is C7H8O4. The summed E-state index contributed by atoms with van der Waals surface area (Å²) < 4.78 is 0. The van der Waals surface area contributed by atoms with Crippen LogP contribution < -0.4 is 0 Å². The van der Waals surface area contributed by atoms with Crippen LogP contribution >= 0.6 is 0 Å². The molecule has 0 aliphatic carbocycles. The van der Waals surface area contributed by atoms with Crippen molar-refractivity contribution in [3.05, 3.63) is 23.8 Å². The van der Waals surface area contributed by atoms with Gasteiger partial charge < -0.3 is 10.2 Å². The molecule has 0 saturated heterocycles. The molecule has 0 aromatic carbocycles. The van der Waals surface area contributed by atoms with Crippen molar-refractivity contribution < 1.29 is 19.8 Å². The van der Waals surface area contributed by atoms with Gasteiger partial charge in [-0.05, 0) is 13.0 Å². The smallest absolute Gasteiger partial charge is 0.343 e. The first-order chi connectivity index (χ1) is 5.09. The fourth-order valence-corrected chi connectivity index (χ4v) is 0.427. The van der Waals surface area contributed by atoms with Gasteiger partial charge in [-0.1, -0.05) is 12.2 Å². The summed E-state index contributed by atoms with van der Waals surface area (Å²) in [6.45, 7) is 1.66. The zero-order valence-corrected chi connectivity index (χ0v) is 5.94. The minimum atomic E-state index is -1.43. The summed E-state index contributed by atoms with van der Waals surface area (Å²) in [5.41, 5.74) is -0.636. The molecule has 0 aliphatic rings. The van der Waals surface area contributed by atoms with Gasteiger partial charge in [0, 0.05) is 0 Å². The molecule has 0 radical (unpaired) electrons. The predicted molar refractivity (Wildman–Crippen MR) is 38.2 cm³/mol. The molecule has 0 aromatic heterocycles. The molecule has 60 valence electrons. The number of aliphatic carboxylic acids is 2. The van der Waals surface area contributed by atoms with Gasteiger partial charge in [-0.15, -0.1) is 0 Å². The van der Waals surface area contributed by atoms with E-state index in [2.05, 4.69) is 0 Å². The van der Waals surface area contributed by atoms with E-state index >= 15 is 0 Å². The monoisotopic (exact) mass is 156 g/mol. The maximum Gasteiger partial charge on any atom is 0.343 e. The Balaban J connectivity index is 4.60. The Morgan fingerprint density at radius 1 is 1.18 bits per heavy atom. The van der Waals surface area contributed by atoms with Crippen molar-refractivity contribution in [1.82, 2.24) is 0 Å². The fourth-order valence-electron chi connectivity index (χ4n) is 0.427. The fraction of sp³-hybridized carbons (Fsp3) is 0.143. The highest BCUT2D eigenvalue weighted by molar-refractivity contribution is 6.12. The molecule has 4 nitrogen and oxygen atoms in total. The van der Waals surface area contributed by atoms with Crippen LogP contribution in [0.5, 0.6) is 0 Å². The first-order valence-electron chi connectivity index (χ1n) is 2.89. The maximum atomic E-state index is 10.2. The third-order valence-corrected chi connectivity index (χ3v) is 0.916. The van der Waals surface area contributed by atoms with Gasteiger partial charge in [0.2, 0.25) is 0 Å². The zero-order valence-electron chi connectivity index (χ0n) is 5.94. The van der Waals surface area contributed by atoms with Gasteiger partial charge in [-0.3, -0.25) is 0 Å². The van der Waals surface area contributed by atoms with E-state index in [4.69, 9.17) is 10.2 Å². The lowest BCUT2D eigenvalue weighted by Gasteiger charge is -1.90. The Hall–Kier alpha value is -1.58. The highest BCUT2D eigenvalue weighted by Crippen LogP contribution is 1.94. The number of allylic oxidation sites excluding steroid dienone is 3. The number of hydrogen-bond acceptors (Lipinski definition) is 2. The van der Waals surface area contributed by atoms with E-state index < -0.39 is 17.5 Å². The van der Waals surface area contributed by atoms with Crippen molar-refractivity contribution in [3.8, 4) is 0 Å². The molecule has 0 unspecified atom stereocenters. The lowest BCUT2D eigenvalue weighted by atomic mass is 10.2. The van der Waals surface area contributed by atoms with Gasteiger partial charge in [0.15, 0.2) is 0 Å². The summed E-state index contributed by atoms with van der Waals surface area (Å²) in [4.78, 5) is 20.3. The third-order valence-electron chi connectivity index (χ3n) is 0.916. The molecule has 0 aromatic rings. The number of hydrogen-bond donors (Lipinski definition) is 2. The summed E-state index contributed by atoms with van der Waals surface area (Å²) in [7, 11) is 0. The van der Waals surface area contributed by atoms with E-state index in [1.54, 1.807) is 13.0 Å². The molecule has 0 heterocycles. The highest BCUT2D eigenvalue weighted by atomic mass is 16.4. The van der Waals surface area contributed by atoms with Crippen LogP contribution in [0.3, 0.4) is 0 Å². The topological polar surface area (TPSA) is 74.6 Å². The van der Waals surface area contributed by atoms with E-state index in [-0.39, 0.29) is 0 Å². The predicted octanol–water partition coefficient (Wildman–Crippen LogP) is 0.658. The van der Waals surface area contributed by atoms with Crippen LogP contribution in [-0.2, 0) is 9.59 Å². The third kappa shape index (κ3) is 3.20. The first kappa shape index (κ1) is 9.42. The molecule has 4 heteroatoms. The SMILES string of the molecule is CC=CC=C(C(=O)O)C(=O)O. The Morgan fingerprint density at radius 2 is 1.64 bits per heavy atom. The number of carboxylic acids is 2. The Morgan fingerprint density at radius 3 is 1.91 bits per heavy atom. The van der Waals surface area contributed by atoms with Gasteiger partial charge in [0.1, 0.15) is 5.57 Å². The van der Waals surface area contributed by atoms with Crippen LogP contribution in [0, 0.1) is 0 Å². The van der Waals surface area contributed by atoms with Crippen molar-refractivity contribution in [2.45, 2.75) is 6.92 Å². The second-order valence-electron chi connectivity index (χ2n) is 1.72. The summed E-state index contributed by atoms with van der Waals surface area (Å²) in [5, 5.41) is 16.6. The van der Waals surface area contributed by atoms with Gasteiger partial charge in [-0.25, -0.2) is 9.59 Å². The summed E-state index contributed by atoms with van der Waals surface area (Å²) in [5.74, 6) is -2.87. The van der Waals surface area contributed by atoms with E-state index in [0.29, 0.717) is 0 Å². The maximum absolute atomic E-state index is 10.2. The lowest BCUT2D eigenvalue weighted by molar-refractivity contribution is -0.140. The molecule has 0 spiro atoms. The van der Waals surface area contributed by atoms with Crippen LogP contribution in [0.25, 0.3) is 0 Å². The van der Waals surface area contributed by atoms with Crippen molar-refractivity contribution >= 4 is 11.9 Å². The van der Waals surface area contributed by atoms with Crippen LogP contribution in [0.1, 0.15) is 6.92 Å². The second kappa shape index (κ2) is 4.27. The molecule has 11 heavy (non-hydrogen) atoms. The Bertz CT molecular complexity index is 209. The molecule has 0 amide bonds. The van der Waals surface area contributed by atoms with Crippen molar-refractivity contribution in [2.75, 3.05) is 0 Å². The molecule has 2 N–H and O–H groups in total. The second-order valence-corrected chi connectivity index (χ2v) is 1.72. The average Bonchev–Trinajstić information content (AvgIpc) is 1.87. The summed E-state index contributed by atoms with van der Waals surface area (Å²) in [6, 6.07) is 0. The molecular weight excluding hydrogens is 148 g/mol. The molecule has 0 saturated carbocycles. The summed E-state index contributed by atoms with van der Waals surface area (Å²) in [6.07, 6.45) is 3.94.